The Morgan fingerprint density at radius 3 is 3.22 bits per heavy atom. The minimum atomic E-state index is -0.119. The molecule has 0 spiro atoms. The minimum Gasteiger partial charge on any atom is -0.469 e. The van der Waals surface area contributed by atoms with Gasteiger partial charge in [0.05, 0.1) is 13.3 Å². The molecule has 1 aliphatic heterocycles. The van der Waals surface area contributed by atoms with Gasteiger partial charge in [0, 0.05) is 24.2 Å². The summed E-state index contributed by atoms with van der Waals surface area (Å²) in [4.78, 5) is 13.6. The summed E-state index contributed by atoms with van der Waals surface area (Å²) < 4.78 is 4.67. The van der Waals surface area contributed by atoms with Crippen molar-refractivity contribution in [2.75, 3.05) is 20.2 Å². The summed E-state index contributed by atoms with van der Waals surface area (Å²) in [5.74, 6) is -0.119. The van der Waals surface area contributed by atoms with Crippen molar-refractivity contribution in [3.63, 3.8) is 0 Å². The van der Waals surface area contributed by atoms with Crippen LogP contribution in [-0.4, -0.2) is 41.3 Å². The van der Waals surface area contributed by atoms with Gasteiger partial charge in [0.25, 0.3) is 0 Å². The van der Waals surface area contributed by atoms with Gasteiger partial charge in [0.1, 0.15) is 0 Å². The van der Waals surface area contributed by atoms with Crippen LogP contribution in [0.15, 0.2) is 12.4 Å². The lowest BCUT2D eigenvalue weighted by Crippen LogP contribution is -2.34. The molecule has 100 valence electrons. The normalized spacial score (nSPS) is 20.8. The SMILES string of the molecule is COC(=O)CCCN1CCCC[C@H]1c1cn[nH]c1. The number of ether oxygens (including phenoxy) is 1. The quantitative estimate of drug-likeness (QED) is 0.812. The molecule has 2 rings (SSSR count). The van der Waals surface area contributed by atoms with E-state index in [0.29, 0.717) is 12.5 Å². The zero-order valence-electron chi connectivity index (χ0n) is 10.9. The molecule has 1 aromatic heterocycles. The number of H-pyrrole nitrogens is 1. The summed E-state index contributed by atoms with van der Waals surface area (Å²) >= 11 is 0. The summed E-state index contributed by atoms with van der Waals surface area (Å²) in [7, 11) is 1.44. The Kier molecular flexibility index (Phi) is 4.75. The highest BCUT2D eigenvalue weighted by atomic mass is 16.5. The topological polar surface area (TPSA) is 58.2 Å². The average Bonchev–Trinajstić information content (AvgIpc) is 2.93. The molecule has 1 N–H and O–H groups in total. The second-order valence-corrected chi connectivity index (χ2v) is 4.76. The molecule has 18 heavy (non-hydrogen) atoms. The third kappa shape index (κ3) is 3.32. The van der Waals surface area contributed by atoms with Crippen LogP contribution >= 0.6 is 0 Å². The maximum atomic E-state index is 11.1. The number of likely N-dealkylation sites (tertiary alicyclic amines) is 1. The fraction of sp³-hybridized carbons (Fsp3) is 0.692. The van der Waals surface area contributed by atoms with E-state index in [9.17, 15) is 4.79 Å². The molecule has 0 unspecified atom stereocenters. The number of carbonyl (C=O) groups excluding carboxylic acids is 1. The predicted octanol–water partition coefficient (Wildman–Crippen LogP) is 1.89. The number of rotatable bonds is 5. The monoisotopic (exact) mass is 251 g/mol. The number of methoxy groups -OCH3 is 1. The second kappa shape index (κ2) is 6.54. The Hall–Kier alpha value is -1.36. The molecule has 1 aromatic rings. The summed E-state index contributed by atoms with van der Waals surface area (Å²) in [6.07, 6.45) is 8.94. The Labute approximate surface area is 108 Å². The van der Waals surface area contributed by atoms with Crippen LogP contribution < -0.4 is 0 Å². The van der Waals surface area contributed by atoms with Crippen LogP contribution in [0.3, 0.4) is 0 Å². The maximum Gasteiger partial charge on any atom is 0.305 e. The largest absolute Gasteiger partial charge is 0.469 e. The highest BCUT2D eigenvalue weighted by Gasteiger charge is 2.24. The fourth-order valence-corrected chi connectivity index (χ4v) is 2.61. The maximum absolute atomic E-state index is 11.1. The van der Waals surface area contributed by atoms with Gasteiger partial charge in [-0.15, -0.1) is 0 Å². The van der Waals surface area contributed by atoms with Gasteiger partial charge in [-0.25, -0.2) is 0 Å². The number of hydrogen-bond acceptors (Lipinski definition) is 4. The second-order valence-electron chi connectivity index (χ2n) is 4.76. The van der Waals surface area contributed by atoms with Crippen molar-refractivity contribution in [3.05, 3.63) is 18.0 Å². The Morgan fingerprint density at radius 2 is 2.50 bits per heavy atom. The number of nitrogens with zero attached hydrogens (tertiary/aromatic N) is 2. The Balaban J connectivity index is 1.86. The van der Waals surface area contributed by atoms with E-state index in [1.165, 1.54) is 31.9 Å². The summed E-state index contributed by atoms with van der Waals surface area (Å²) in [5, 5.41) is 6.91. The first-order valence-electron chi connectivity index (χ1n) is 6.61. The van der Waals surface area contributed by atoms with Crippen LogP contribution in [0.25, 0.3) is 0 Å². The molecule has 1 aliphatic rings. The molecular weight excluding hydrogens is 230 g/mol. The molecule has 1 atom stereocenters. The van der Waals surface area contributed by atoms with Crippen molar-refractivity contribution in [3.8, 4) is 0 Å². The van der Waals surface area contributed by atoms with Gasteiger partial charge in [0.15, 0.2) is 0 Å². The van der Waals surface area contributed by atoms with Crippen LogP contribution in [0, 0.1) is 0 Å². The van der Waals surface area contributed by atoms with Crippen LogP contribution in [0.2, 0.25) is 0 Å². The number of hydrogen-bond donors (Lipinski definition) is 1. The Morgan fingerprint density at radius 1 is 1.61 bits per heavy atom. The number of esters is 1. The van der Waals surface area contributed by atoms with Crippen molar-refractivity contribution in [1.29, 1.82) is 0 Å². The van der Waals surface area contributed by atoms with Gasteiger partial charge in [-0.05, 0) is 32.4 Å². The molecule has 2 heterocycles. The first kappa shape index (κ1) is 13.1. The molecule has 0 amide bonds. The standard InChI is InChI=1S/C13H21N3O2/c1-18-13(17)6-4-8-16-7-3-2-5-12(16)11-9-14-15-10-11/h9-10,12H,2-8H2,1H3,(H,14,15)/t12-/m0/s1. The van der Waals surface area contributed by atoms with Crippen molar-refractivity contribution in [2.45, 2.75) is 38.1 Å². The summed E-state index contributed by atoms with van der Waals surface area (Å²) in [6, 6.07) is 0.454. The fourth-order valence-electron chi connectivity index (χ4n) is 2.61. The smallest absolute Gasteiger partial charge is 0.305 e. The molecule has 1 saturated heterocycles. The molecule has 0 bridgehead atoms. The number of nitrogens with one attached hydrogen (secondary N) is 1. The molecule has 0 radical (unpaired) electrons. The highest BCUT2D eigenvalue weighted by molar-refractivity contribution is 5.69. The lowest BCUT2D eigenvalue weighted by Gasteiger charge is -2.35. The molecule has 0 aromatic carbocycles. The van der Waals surface area contributed by atoms with Gasteiger partial charge in [-0.1, -0.05) is 6.42 Å². The zero-order chi connectivity index (χ0) is 12.8. The molecule has 5 heteroatoms. The molecule has 5 nitrogen and oxygen atoms in total. The van der Waals surface area contributed by atoms with E-state index in [1.54, 1.807) is 0 Å². The lowest BCUT2D eigenvalue weighted by atomic mass is 9.97. The summed E-state index contributed by atoms with van der Waals surface area (Å²) in [6.45, 7) is 2.06. The van der Waals surface area contributed by atoms with Crippen molar-refractivity contribution in [2.24, 2.45) is 0 Å². The van der Waals surface area contributed by atoms with E-state index in [-0.39, 0.29) is 5.97 Å². The van der Waals surface area contributed by atoms with Gasteiger partial charge in [0.2, 0.25) is 0 Å². The number of carbonyl (C=O) groups is 1. The first-order chi connectivity index (χ1) is 8.81. The van der Waals surface area contributed by atoms with Crippen molar-refractivity contribution in [1.82, 2.24) is 15.1 Å². The van der Waals surface area contributed by atoms with Crippen LogP contribution in [0.5, 0.6) is 0 Å². The van der Waals surface area contributed by atoms with Crippen molar-refractivity contribution < 1.29 is 9.53 Å². The molecular formula is C13H21N3O2. The zero-order valence-corrected chi connectivity index (χ0v) is 10.9. The third-order valence-corrected chi connectivity index (χ3v) is 3.57. The van der Waals surface area contributed by atoms with E-state index < -0.39 is 0 Å². The first-order valence-corrected chi connectivity index (χ1v) is 6.61. The van der Waals surface area contributed by atoms with E-state index >= 15 is 0 Å². The summed E-state index contributed by atoms with van der Waals surface area (Å²) in [5.41, 5.74) is 1.26. The molecule has 0 aliphatic carbocycles. The van der Waals surface area contributed by atoms with Gasteiger partial charge in [-0.2, -0.15) is 5.10 Å². The molecule has 0 saturated carbocycles. The number of aromatic amines is 1. The van der Waals surface area contributed by atoms with Gasteiger partial charge in [-0.3, -0.25) is 14.8 Å². The lowest BCUT2D eigenvalue weighted by molar-refractivity contribution is -0.140. The van der Waals surface area contributed by atoms with Crippen LogP contribution in [-0.2, 0) is 9.53 Å². The minimum absolute atomic E-state index is 0.119. The van der Waals surface area contributed by atoms with E-state index in [4.69, 9.17) is 0 Å². The highest BCUT2D eigenvalue weighted by Crippen LogP contribution is 2.30. The number of aromatic nitrogens is 2. The average molecular weight is 251 g/mol. The van der Waals surface area contributed by atoms with Gasteiger partial charge < -0.3 is 4.74 Å². The van der Waals surface area contributed by atoms with E-state index in [0.717, 1.165) is 19.5 Å². The van der Waals surface area contributed by atoms with Crippen LogP contribution in [0.4, 0.5) is 0 Å². The Bertz CT molecular complexity index is 364. The van der Waals surface area contributed by atoms with Crippen LogP contribution in [0.1, 0.15) is 43.7 Å². The van der Waals surface area contributed by atoms with E-state index in [1.807, 2.05) is 12.4 Å². The van der Waals surface area contributed by atoms with Gasteiger partial charge >= 0.3 is 5.97 Å². The van der Waals surface area contributed by atoms with E-state index in [2.05, 4.69) is 19.8 Å². The molecule has 1 fully saturated rings. The number of piperidine rings is 1. The van der Waals surface area contributed by atoms with Crippen molar-refractivity contribution >= 4 is 5.97 Å². The third-order valence-electron chi connectivity index (χ3n) is 3.57. The predicted molar refractivity (Wildman–Crippen MR) is 68.0 cm³/mol.